The van der Waals surface area contributed by atoms with E-state index >= 15 is 0 Å². The Labute approximate surface area is 190 Å². The molecule has 0 atom stereocenters. The number of benzene rings is 3. The highest BCUT2D eigenvalue weighted by molar-refractivity contribution is 7.85. The first kappa shape index (κ1) is 22.7. The maximum absolute atomic E-state index is 10.9. The Morgan fingerprint density at radius 2 is 1.94 bits per heavy atom. The highest BCUT2D eigenvalue weighted by Gasteiger charge is 2.15. The van der Waals surface area contributed by atoms with E-state index < -0.39 is 21.8 Å². The molecule has 0 saturated heterocycles. The molecule has 1 aliphatic carbocycles. The van der Waals surface area contributed by atoms with Gasteiger partial charge in [0.15, 0.2) is 17.9 Å². The van der Waals surface area contributed by atoms with E-state index in [9.17, 15) is 17.8 Å². The van der Waals surface area contributed by atoms with E-state index in [2.05, 4.69) is 5.32 Å². The maximum atomic E-state index is 10.9. The minimum absolute atomic E-state index is 0.0241. The molecule has 0 aromatic heterocycles. The van der Waals surface area contributed by atoms with Crippen LogP contribution in [0.4, 0.5) is 5.69 Å². The number of hydrogen-bond acceptors (Lipinski definition) is 7. The van der Waals surface area contributed by atoms with Gasteiger partial charge in [0, 0.05) is 40.9 Å². The minimum Gasteiger partial charge on any atom is -0.748 e. The molecular formula is C23H23N3O6S. The second kappa shape index (κ2) is 9.16. The van der Waals surface area contributed by atoms with E-state index in [-0.39, 0.29) is 12.8 Å². The van der Waals surface area contributed by atoms with Crippen LogP contribution in [0.5, 0.6) is 0 Å². The molecule has 10 heteroatoms. The van der Waals surface area contributed by atoms with Crippen LogP contribution in [0.15, 0.2) is 52.9 Å². The van der Waals surface area contributed by atoms with Gasteiger partial charge in [-0.3, -0.25) is 4.79 Å². The van der Waals surface area contributed by atoms with Gasteiger partial charge < -0.3 is 19.4 Å². The average molecular weight is 470 g/mol. The van der Waals surface area contributed by atoms with Crippen molar-refractivity contribution in [1.82, 2.24) is 9.56 Å². The van der Waals surface area contributed by atoms with Crippen LogP contribution in [0, 0.1) is 0 Å². The molecule has 0 radical (unpaired) electrons. The third-order valence-corrected chi connectivity index (χ3v) is 6.15. The fourth-order valence-corrected chi connectivity index (χ4v) is 4.19. The van der Waals surface area contributed by atoms with E-state index in [0.29, 0.717) is 35.6 Å². The molecule has 1 heterocycles. The van der Waals surface area contributed by atoms with Crippen molar-refractivity contribution in [2.45, 2.75) is 12.8 Å². The second-order valence-electron chi connectivity index (χ2n) is 7.79. The number of rotatable bonds is 8. The van der Waals surface area contributed by atoms with Crippen LogP contribution in [0.3, 0.4) is 0 Å². The van der Waals surface area contributed by atoms with Gasteiger partial charge in [-0.25, -0.2) is 18.0 Å². The van der Waals surface area contributed by atoms with Gasteiger partial charge in [-0.1, -0.05) is 24.3 Å². The first-order chi connectivity index (χ1) is 15.7. The number of nitrogens with zero attached hydrogens (tertiary/aromatic N) is 2. The third kappa shape index (κ3) is 5.29. The predicted molar refractivity (Wildman–Crippen MR) is 124 cm³/mol. The van der Waals surface area contributed by atoms with Crippen molar-refractivity contribution in [3.63, 3.8) is 0 Å². The number of aromatic nitrogens is 1. The highest BCUT2D eigenvalue weighted by Crippen LogP contribution is 2.33. The van der Waals surface area contributed by atoms with Crippen LogP contribution in [0.1, 0.15) is 12.8 Å². The summed E-state index contributed by atoms with van der Waals surface area (Å²) in [6, 6.07) is 15.0. The van der Waals surface area contributed by atoms with E-state index in [0.717, 1.165) is 21.8 Å². The van der Waals surface area contributed by atoms with E-state index in [4.69, 9.17) is 14.5 Å². The molecule has 0 fully saturated rings. The van der Waals surface area contributed by atoms with E-state index in [1.165, 1.54) is 0 Å². The third-order valence-electron chi connectivity index (χ3n) is 5.37. The number of carboxylic acids is 1. The van der Waals surface area contributed by atoms with Crippen LogP contribution in [-0.4, -0.2) is 54.9 Å². The Hall–Kier alpha value is -3.50. The summed E-state index contributed by atoms with van der Waals surface area (Å²) in [5.41, 5.74) is 2.66. The lowest BCUT2D eigenvalue weighted by Crippen LogP contribution is -2.28. The zero-order valence-corrected chi connectivity index (χ0v) is 18.8. The molecular weight excluding hydrogens is 446 g/mol. The summed E-state index contributed by atoms with van der Waals surface area (Å²) >= 11 is 0. The molecule has 0 saturated carbocycles. The summed E-state index contributed by atoms with van der Waals surface area (Å²) in [4.78, 5) is 15.7. The summed E-state index contributed by atoms with van der Waals surface area (Å²) in [5.74, 6) is -0.735. The van der Waals surface area contributed by atoms with Gasteiger partial charge >= 0.3 is 5.97 Å². The van der Waals surface area contributed by atoms with Crippen molar-refractivity contribution < 1.29 is 27.3 Å². The Morgan fingerprint density at radius 3 is 2.67 bits per heavy atom. The van der Waals surface area contributed by atoms with Gasteiger partial charge in [0.1, 0.15) is 24.7 Å². The molecule has 0 bridgehead atoms. The topological polar surface area (TPSA) is 136 Å². The first-order valence-corrected chi connectivity index (χ1v) is 12.0. The quantitative estimate of drug-likeness (QED) is 0.132. The molecule has 2 aromatic rings. The summed E-state index contributed by atoms with van der Waals surface area (Å²) in [7, 11) is -2.44. The zero-order chi connectivity index (χ0) is 23.6. The van der Waals surface area contributed by atoms with Crippen molar-refractivity contribution in [2.75, 3.05) is 31.2 Å². The van der Waals surface area contributed by atoms with Crippen molar-refractivity contribution >= 4 is 43.6 Å². The maximum Gasteiger partial charge on any atom is 0.309 e. The van der Waals surface area contributed by atoms with Crippen molar-refractivity contribution in [3.05, 3.63) is 53.9 Å². The molecule has 33 heavy (non-hydrogen) atoms. The lowest BCUT2D eigenvalue weighted by Gasteiger charge is -2.14. The van der Waals surface area contributed by atoms with Gasteiger partial charge in [0.2, 0.25) is 5.36 Å². The van der Waals surface area contributed by atoms with Gasteiger partial charge in [-0.15, -0.1) is 0 Å². The van der Waals surface area contributed by atoms with Crippen LogP contribution in [0.2, 0.25) is 0 Å². The summed E-state index contributed by atoms with van der Waals surface area (Å²) in [6.45, 7) is 0.677. The molecule has 4 rings (SSSR count). The standard InChI is InChI=1S/C23H23N3O6S/c1-26(11-9-22(27)28)15-7-8-18-20(13-15)32-21-14-19(24-10-4-12-33(29,30)31)16-5-2-3-6-17(16)23(21)25-18/h2-3,5-8,13-14H,4,9-12H2,1H3,(H2,27,28,29,30,31). The molecule has 1 aliphatic heterocycles. The number of carbonyl (C=O) groups is 1. The predicted octanol–water partition coefficient (Wildman–Crippen LogP) is 2.31. The average Bonchev–Trinajstić information content (AvgIpc) is 2.78. The molecule has 0 unspecified atom stereocenters. The summed E-state index contributed by atoms with van der Waals surface area (Å²) in [5, 5.41) is 14.7. The monoisotopic (exact) mass is 469 g/mol. The summed E-state index contributed by atoms with van der Waals surface area (Å²) in [6.07, 6.45) is 0.216. The van der Waals surface area contributed by atoms with Gasteiger partial charge in [-0.2, -0.15) is 0 Å². The zero-order valence-electron chi connectivity index (χ0n) is 17.9. The number of nitrogens with one attached hydrogen (secondary N) is 1. The van der Waals surface area contributed by atoms with Crippen molar-refractivity contribution in [2.24, 2.45) is 0 Å². The lowest BCUT2D eigenvalue weighted by atomic mass is 10.1. The Morgan fingerprint density at radius 1 is 1.18 bits per heavy atom. The first-order valence-electron chi connectivity index (χ1n) is 10.4. The lowest BCUT2D eigenvalue weighted by molar-refractivity contribution is -0.136. The molecule has 0 amide bonds. The fourth-order valence-electron chi connectivity index (χ4n) is 3.69. The van der Waals surface area contributed by atoms with E-state index in [1.807, 2.05) is 60.2 Å². The molecule has 172 valence electrons. The molecule has 2 aliphatic rings. The Kier molecular flexibility index (Phi) is 6.30. The molecule has 0 spiro atoms. The van der Waals surface area contributed by atoms with Crippen LogP contribution < -0.4 is 15.2 Å². The number of carboxylic acid groups (broad SMARTS) is 1. The van der Waals surface area contributed by atoms with Crippen molar-refractivity contribution in [3.8, 4) is 11.5 Å². The highest BCUT2D eigenvalue weighted by atomic mass is 32.2. The number of anilines is 1. The van der Waals surface area contributed by atoms with Crippen molar-refractivity contribution in [1.29, 1.82) is 0 Å². The van der Waals surface area contributed by atoms with Gasteiger partial charge in [0.25, 0.3) is 0 Å². The van der Waals surface area contributed by atoms with Gasteiger partial charge in [-0.05, 0) is 12.5 Å². The smallest absolute Gasteiger partial charge is 0.309 e. The fraction of sp³-hybridized carbons (Fsp3) is 0.261. The minimum atomic E-state index is -4.26. The van der Waals surface area contributed by atoms with E-state index in [1.54, 1.807) is 0 Å². The number of fused-ring (bicyclic) bond motifs is 4. The van der Waals surface area contributed by atoms with Gasteiger partial charge in [0.05, 0.1) is 16.2 Å². The van der Waals surface area contributed by atoms with Crippen LogP contribution >= 0.6 is 0 Å². The second-order valence-corrected chi connectivity index (χ2v) is 9.31. The Bertz CT molecular complexity index is 1490. The summed E-state index contributed by atoms with van der Waals surface area (Å²) < 4.78 is 40.6. The largest absolute Gasteiger partial charge is 0.748 e. The molecule has 2 aromatic carbocycles. The van der Waals surface area contributed by atoms with Crippen LogP contribution in [0.25, 0.3) is 33.3 Å². The Balaban J connectivity index is 1.78. The number of aliphatic carboxylic acids is 1. The number of hydrogen-bond donors (Lipinski definition) is 2. The SMILES string of the molecule is C[N+](CCC(=O)O)=c1ccc2nc3c(cc(NCCCS(=O)(=O)[O-])c4ccccc43)oc-2c1. The molecule has 9 nitrogen and oxygen atoms in total. The van der Waals surface area contributed by atoms with Crippen LogP contribution in [-0.2, 0) is 14.9 Å². The normalized spacial score (nSPS) is 12.9. The molecule has 2 N–H and O–H groups in total.